The predicted molar refractivity (Wildman–Crippen MR) is 65.2 cm³/mol. The summed E-state index contributed by atoms with van der Waals surface area (Å²) in [6.07, 6.45) is 0. The normalized spacial score (nSPS) is 23.7. The van der Waals surface area contributed by atoms with Gasteiger partial charge in [0, 0.05) is 23.5 Å². The van der Waals surface area contributed by atoms with Gasteiger partial charge in [-0.05, 0) is 23.8 Å². The number of rotatable bonds is 2. The van der Waals surface area contributed by atoms with Crippen molar-refractivity contribution in [2.45, 2.75) is 5.92 Å². The van der Waals surface area contributed by atoms with Gasteiger partial charge in [-0.3, -0.25) is 4.79 Å². The van der Waals surface area contributed by atoms with Crippen LogP contribution in [-0.4, -0.2) is 26.2 Å². The molecule has 1 fully saturated rings. The maximum atomic E-state index is 13.8. The Hall–Kier alpha value is -0.940. The molecule has 0 aromatic heterocycles. The maximum Gasteiger partial charge on any atom is 0.310 e. The Morgan fingerprint density at radius 1 is 1.53 bits per heavy atom. The van der Waals surface area contributed by atoms with Crippen LogP contribution in [0.15, 0.2) is 22.7 Å². The molecule has 0 aliphatic carbocycles. The quantitative estimate of drug-likeness (QED) is 0.850. The van der Waals surface area contributed by atoms with Crippen molar-refractivity contribution in [3.05, 3.63) is 34.1 Å². The molecule has 1 aromatic carbocycles. The number of carbonyl (C=O) groups is 1. The molecule has 2 atom stereocenters. The van der Waals surface area contributed by atoms with E-state index in [0.717, 1.165) is 4.47 Å². The number of nitrogens with one attached hydrogen (secondary N) is 1. The molecule has 1 aromatic rings. The third-order valence-electron chi connectivity index (χ3n) is 3.08. The van der Waals surface area contributed by atoms with Gasteiger partial charge >= 0.3 is 5.97 Å². The molecule has 0 spiro atoms. The zero-order chi connectivity index (χ0) is 12.4. The van der Waals surface area contributed by atoms with Gasteiger partial charge in [0.15, 0.2) is 0 Å². The van der Waals surface area contributed by atoms with Crippen molar-refractivity contribution in [2.75, 3.05) is 20.2 Å². The highest BCUT2D eigenvalue weighted by Gasteiger charge is 2.36. The van der Waals surface area contributed by atoms with Gasteiger partial charge in [0.25, 0.3) is 0 Å². The molecular weight excluding hydrogens is 289 g/mol. The predicted octanol–water partition coefficient (Wildman–Crippen LogP) is 2.06. The van der Waals surface area contributed by atoms with E-state index in [2.05, 4.69) is 21.2 Å². The summed E-state index contributed by atoms with van der Waals surface area (Å²) < 4.78 is 19.3. The van der Waals surface area contributed by atoms with Crippen LogP contribution in [0.1, 0.15) is 11.5 Å². The molecule has 2 unspecified atom stereocenters. The van der Waals surface area contributed by atoms with Crippen LogP contribution < -0.4 is 5.32 Å². The second kappa shape index (κ2) is 5.14. The van der Waals surface area contributed by atoms with E-state index >= 15 is 0 Å². The summed E-state index contributed by atoms with van der Waals surface area (Å²) in [6.45, 7) is 1.12. The average molecular weight is 302 g/mol. The summed E-state index contributed by atoms with van der Waals surface area (Å²) in [5.41, 5.74) is 0.555. The van der Waals surface area contributed by atoms with Crippen molar-refractivity contribution < 1.29 is 13.9 Å². The highest BCUT2D eigenvalue weighted by Crippen LogP contribution is 2.32. The van der Waals surface area contributed by atoms with E-state index in [1.165, 1.54) is 13.2 Å². The first-order chi connectivity index (χ1) is 8.13. The molecule has 1 aliphatic heterocycles. The lowest BCUT2D eigenvalue weighted by Gasteiger charge is -2.17. The molecule has 0 amide bonds. The summed E-state index contributed by atoms with van der Waals surface area (Å²) in [5.74, 6) is -1.06. The standard InChI is InChI=1S/C12H13BrFNO2/c1-17-12(16)10-6-15-5-9(10)8-4-7(13)2-3-11(8)14/h2-4,9-10,15H,5-6H2,1H3. The highest BCUT2D eigenvalue weighted by atomic mass is 79.9. The molecule has 17 heavy (non-hydrogen) atoms. The minimum atomic E-state index is -0.316. The molecule has 1 saturated heterocycles. The second-order valence-corrected chi connectivity index (χ2v) is 4.98. The van der Waals surface area contributed by atoms with Crippen LogP contribution in [0.2, 0.25) is 0 Å². The Kier molecular flexibility index (Phi) is 3.79. The SMILES string of the molecule is COC(=O)C1CNCC1c1cc(Br)ccc1F. The van der Waals surface area contributed by atoms with Crippen LogP contribution in [-0.2, 0) is 9.53 Å². The number of hydrogen-bond donors (Lipinski definition) is 1. The fourth-order valence-electron chi connectivity index (χ4n) is 2.20. The lowest BCUT2D eigenvalue weighted by atomic mass is 9.88. The first kappa shape index (κ1) is 12.5. The number of ether oxygens (including phenoxy) is 1. The number of carbonyl (C=O) groups excluding carboxylic acids is 1. The van der Waals surface area contributed by atoms with Crippen molar-refractivity contribution >= 4 is 21.9 Å². The van der Waals surface area contributed by atoms with Gasteiger partial charge < -0.3 is 10.1 Å². The molecule has 3 nitrogen and oxygen atoms in total. The smallest absolute Gasteiger partial charge is 0.310 e. The van der Waals surface area contributed by atoms with Crippen molar-refractivity contribution in [2.24, 2.45) is 5.92 Å². The van der Waals surface area contributed by atoms with Gasteiger partial charge in [-0.15, -0.1) is 0 Å². The molecule has 0 radical (unpaired) electrons. The minimum absolute atomic E-state index is 0.167. The van der Waals surface area contributed by atoms with Gasteiger partial charge in [-0.25, -0.2) is 4.39 Å². The summed E-state index contributed by atoms with van der Waals surface area (Å²) in [7, 11) is 1.36. The fourth-order valence-corrected chi connectivity index (χ4v) is 2.58. The van der Waals surface area contributed by atoms with Crippen LogP contribution in [0.25, 0.3) is 0 Å². The van der Waals surface area contributed by atoms with Gasteiger partial charge in [0.05, 0.1) is 13.0 Å². The van der Waals surface area contributed by atoms with Crippen molar-refractivity contribution in [1.82, 2.24) is 5.32 Å². The van der Waals surface area contributed by atoms with Gasteiger partial charge in [0.2, 0.25) is 0 Å². The van der Waals surface area contributed by atoms with E-state index in [1.807, 2.05) is 0 Å². The van der Waals surface area contributed by atoms with Crippen LogP contribution in [0.5, 0.6) is 0 Å². The number of hydrogen-bond acceptors (Lipinski definition) is 3. The molecule has 0 bridgehead atoms. The number of esters is 1. The summed E-state index contributed by atoms with van der Waals surface area (Å²) in [6, 6.07) is 4.78. The summed E-state index contributed by atoms with van der Waals surface area (Å²) in [4.78, 5) is 11.6. The highest BCUT2D eigenvalue weighted by molar-refractivity contribution is 9.10. The van der Waals surface area contributed by atoms with Gasteiger partial charge in [-0.1, -0.05) is 15.9 Å². The Balaban J connectivity index is 2.32. The molecule has 1 heterocycles. The Morgan fingerprint density at radius 3 is 3.00 bits per heavy atom. The fraction of sp³-hybridized carbons (Fsp3) is 0.417. The van der Waals surface area contributed by atoms with Crippen molar-refractivity contribution in [3.8, 4) is 0 Å². The van der Waals surface area contributed by atoms with E-state index in [1.54, 1.807) is 12.1 Å². The summed E-state index contributed by atoms with van der Waals surface area (Å²) >= 11 is 3.31. The zero-order valence-electron chi connectivity index (χ0n) is 9.37. The van der Waals surface area contributed by atoms with Crippen molar-refractivity contribution in [3.63, 3.8) is 0 Å². The molecule has 5 heteroatoms. The third kappa shape index (κ3) is 2.50. The van der Waals surface area contributed by atoms with Crippen LogP contribution in [0.4, 0.5) is 4.39 Å². The molecule has 2 rings (SSSR count). The van der Waals surface area contributed by atoms with Crippen LogP contribution in [0, 0.1) is 11.7 Å². The van der Waals surface area contributed by atoms with Gasteiger partial charge in [-0.2, -0.15) is 0 Å². The van der Waals surface area contributed by atoms with E-state index in [-0.39, 0.29) is 23.6 Å². The van der Waals surface area contributed by atoms with Gasteiger partial charge in [0.1, 0.15) is 5.82 Å². The first-order valence-electron chi connectivity index (χ1n) is 5.37. The molecular formula is C12H13BrFNO2. The van der Waals surface area contributed by atoms with Crippen molar-refractivity contribution in [1.29, 1.82) is 0 Å². The number of halogens is 2. The molecule has 1 aliphatic rings. The van der Waals surface area contributed by atoms with E-state index in [9.17, 15) is 9.18 Å². The first-order valence-corrected chi connectivity index (χ1v) is 6.16. The number of methoxy groups -OCH3 is 1. The largest absolute Gasteiger partial charge is 0.469 e. The van der Waals surface area contributed by atoms with Crippen LogP contribution in [0.3, 0.4) is 0 Å². The lowest BCUT2D eigenvalue weighted by molar-refractivity contribution is -0.145. The molecule has 0 saturated carbocycles. The monoisotopic (exact) mass is 301 g/mol. The minimum Gasteiger partial charge on any atom is -0.469 e. The summed E-state index contributed by atoms with van der Waals surface area (Å²) in [5, 5.41) is 3.10. The zero-order valence-corrected chi connectivity index (χ0v) is 11.0. The lowest BCUT2D eigenvalue weighted by Crippen LogP contribution is -2.23. The van der Waals surface area contributed by atoms with Crippen LogP contribution >= 0.6 is 15.9 Å². The maximum absolute atomic E-state index is 13.8. The second-order valence-electron chi connectivity index (χ2n) is 4.06. The Labute approximate surface area is 107 Å². The Bertz CT molecular complexity index is 439. The average Bonchev–Trinajstić information content (AvgIpc) is 2.80. The third-order valence-corrected chi connectivity index (χ3v) is 3.57. The topological polar surface area (TPSA) is 38.3 Å². The van der Waals surface area contributed by atoms with E-state index in [4.69, 9.17) is 4.74 Å². The molecule has 1 N–H and O–H groups in total. The number of benzene rings is 1. The van der Waals surface area contributed by atoms with E-state index in [0.29, 0.717) is 18.7 Å². The Morgan fingerprint density at radius 2 is 2.29 bits per heavy atom. The molecule has 92 valence electrons. The van der Waals surface area contributed by atoms with E-state index < -0.39 is 0 Å².